The number of anilines is 1. The Kier molecular flexibility index (Phi) is 6.99. The summed E-state index contributed by atoms with van der Waals surface area (Å²) in [4.78, 5) is 19.2. The van der Waals surface area contributed by atoms with E-state index in [1.54, 1.807) is 36.4 Å². The van der Waals surface area contributed by atoms with Gasteiger partial charge in [-0.15, -0.1) is 0 Å². The molecule has 1 aliphatic rings. The van der Waals surface area contributed by atoms with Crippen LogP contribution < -0.4 is 9.64 Å². The standard InChI is InChI=1S/C22H23ClN2O5S2/c1-29-18-10-9-17(23)21-20(18)24-22(31-21)25(12-16-8-5-11-30-16)19(26)14-32(27,28)13-15-6-3-2-4-7-15/h2-4,6-7,9-10,16H,5,8,11-14H2,1H3. The number of ether oxygens (including phenoxy) is 2. The summed E-state index contributed by atoms with van der Waals surface area (Å²) in [5, 5.41) is 0.868. The second-order valence-corrected chi connectivity index (χ2v) is 11.0. The summed E-state index contributed by atoms with van der Waals surface area (Å²) < 4.78 is 37.3. The number of amides is 1. The summed E-state index contributed by atoms with van der Waals surface area (Å²) in [6, 6.07) is 12.2. The fraction of sp³-hybridized carbons (Fsp3) is 0.364. The van der Waals surface area contributed by atoms with Gasteiger partial charge in [-0.05, 0) is 30.5 Å². The topological polar surface area (TPSA) is 85.8 Å². The number of hydrogen-bond donors (Lipinski definition) is 0. The monoisotopic (exact) mass is 494 g/mol. The molecule has 1 aromatic heterocycles. The second-order valence-electron chi connectivity index (χ2n) is 7.58. The zero-order valence-electron chi connectivity index (χ0n) is 17.5. The number of hydrogen-bond acceptors (Lipinski definition) is 7. The molecule has 0 spiro atoms. The Labute approximate surface area is 195 Å². The minimum atomic E-state index is -3.68. The number of carbonyl (C=O) groups is 1. The van der Waals surface area contributed by atoms with Crippen molar-refractivity contribution < 1.29 is 22.7 Å². The van der Waals surface area contributed by atoms with Crippen LogP contribution in [0.1, 0.15) is 18.4 Å². The third kappa shape index (κ3) is 5.23. The van der Waals surface area contributed by atoms with E-state index in [4.69, 9.17) is 21.1 Å². The lowest BCUT2D eigenvalue weighted by molar-refractivity contribution is -0.116. The van der Waals surface area contributed by atoms with Crippen LogP contribution in [0.25, 0.3) is 10.2 Å². The Balaban J connectivity index is 1.64. The summed E-state index contributed by atoms with van der Waals surface area (Å²) in [6.45, 7) is 0.859. The number of aromatic nitrogens is 1. The lowest BCUT2D eigenvalue weighted by atomic mass is 10.2. The highest BCUT2D eigenvalue weighted by molar-refractivity contribution is 7.91. The summed E-state index contributed by atoms with van der Waals surface area (Å²) in [7, 11) is -2.14. The van der Waals surface area contributed by atoms with Crippen molar-refractivity contribution in [2.24, 2.45) is 0 Å². The Morgan fingerprint density at radius 2 is 2.06 bits per heavy atom. The molecule has 2 heterocycles. The van der Waals surface area contributed by atoms with Crippen LogP contribution in [0.5, 0.6) is 5.75 Å². The average Bonchev–Trinajstić information content (AvgIpc) is 3.42. The molecule has 10 heteroatoms. The number of nitrogens with zero attached hydrogens (tertiary/aromatic N) is 2. The van der Waals surface area contributed by atoms with Gasteiger partial charge in [0, 0.05) is 6.61 Å². The maximum atomic E-state index is 13.2. The Morgan fingerprint density at radius 1 is 1.28 bits per heavy atom. The van der Waals surface area contributed by atoms with Gasteiger partial charge in [0.1, 0.15) is 17.0 Å². The number of halogens is 1. The zero-order valence-corrected chi connectivity index (χ0v) is 19.9. The van der Waals surface area contributed by atoms with E-state index < -0.39 is 21.5 Å². The Bertz CT molecular complexity index is 1210. The van der Waals surface area contributed by atoms with Crippen molar-refractivity contribution in [2.45, 2.75) is 24.7 Å². The molecule has 0 saturated carbocycles. The molecule has 0 bridgehead atoms. The summed E-state index contributed by atoms with van der Waals surface area (Å²) in [6.07, 6.45) is 1.54. The van der Waals surface area contributed by atoms with Crippen LogP contribution in [0.4, 0.5) is 5.13 Å². The molecule has 0 aliphatic carbocycles. The highest BCUT2D eigenvalue weighted by Gasteiger charge is 2.30. The van der Waals surface area contributed by atoms with E-state index in [2.05, 4.69) is 4.98 Å². The van der Waals surface area contributed by atoms with E-state index >= 15 is 0 Å². The number of fused-ring (bicyclic) bond motifs is 1. The fourth-order valence-electron chi connectivity index (χ4n) is 3.65. The first-order chi connectivity index (χ1) is 15.4. The number of carbonyl (C=O) groups excluding carboxylic acids is 1. The maximum Gasteiger partial charge on any atom is 0.244 e. The number of thiazole rings is 1. The first-order valence-corrected chi connectivity index (χ1v) is 13.2. The van der Waals surface area contributed by atoms with E-state index in [-0.39, 0.29) is 18.4 Å². The van der Waals surface area contributed by atoms with Crippen molar-refractivity contribution in [3.8, 4) is 5.75 Å². The molecule has 1 fully saturated rings. The van der Waals surface area contributed by atoms with Gasteiger partial charge in [0.2, 0.25) is 5.91 Å². The minimum absolute atomic E-state index is 0.167. The van der Waals surface area contributed by atoms with Gasteiger partial charge >= 0.3 is 0 Å². The summed E-state index contributed by atoms with van der Waals surface area (Å²) in [5.74, 6) is -0.818. The molecule has 170 valence electrons. The lowest BCUT2D eigenvalue weighted by Crippen LogP contribution is -2.41. The zero-order chi connectivity index (χ0) is 22.7. The van der Waals surface area contributed by atoms with Crippen LogP contribution in [0, 0.1) is 0 Å². The highest BCUT2D eigenvalue weighted by Crippen LogP contribution is 2.39. The fourth-order valence-corrected chi connectivity index (χ4v) is 6.26. The van der Waals surface area contributed by atoms with Crippen molar-refractivity contribution >= 4 is 54.0 Å². The molecule has 1 saturated heterocycles. The second kappa shape index (κ2) is 9.74. The summed E-state index contributed by atoms with van der Waals surface area (Å²) >= 11 is 7.58. The summed E-state index contributed by atoms with van der Waals surface area (Å²) in [5.41, 5.74) is 1.18. The molecular weight excluding hydrogens is 472 g/mol. The van der Waals surface area contributed by atoms with Crippen molar-refractivity contribution in [1.29, 1.82) is 0 Å². The molecule has 0 radical (unpaired) electrons. The molecule has 2 aromatic carbocycles. The van der Waals surface area contributed by atoms with E-state index in [1.807, 2.05) is 6.07 Å². The third-order valence-electron chi connectivity index (χ3n) is 5.18. The van der Waals surface area contributed by atoms with Gasteiger partial charge in [-0.3, -0.25) is 9.69 Å². The van der Waals surface area contributed by atoms with E-state index in [9.17, 15) is 13.2 Å². The SMILES string of the molecule is COc1ccc(Cl)c2sc(N(CC3CCCO3)C(=O)CS(=O)(=O)Cc3ccccc3)nc12. The number of rotatable bonds is 8. The van der Waals surface area contributed by atoms with Crippen LogP contribution in [0.2, 0.25) is 5.02 Å². The number of sulfone groups is 1. The molecule has 1 aliphatic heterocycles. The van der Waals surface area contributed by atoms with E-state index in [0.717, 1.165) is 12.8 Å². The van der Waals surface area contributed by atoms with Crippen LogP contribution in [-0.2, 0) is 25.1 Å². The first-order valence-electron chi connectivity index (χ1n) is 10.2. The Morgan fingerprint density at radius 3 is 2.75 bits per heavy atom. The predicted octanol–water partition coefficient (Wildman–Crippen LogP) is 4.09. The van der Waals surface area contributed by atoms with Crippen LogP contribution >= 0.6 is 22.9 Å². The number of methoxy groups -OCH3 is 1. The maximum absolute atomic E-state index is 13.2. The van der Waals surface area contributed by atoms with Gasteiger partial charge in [0.15, 0.2) is 15.0 Å². The van der Waals surface area contributed by atoms with Crippen LogP contribution in [0.3, 0.4) is 0 Å². The third-order valence-corrected chi connectivity index (χ3v) is 8.18. The molecule has 0 N–H and O–H groups in total. The van der Waals surface area contributed by atoms with Gasteiger partial charge in [0.25, 0.3) is 0 Å². The molecule has 3 aromatic rings. The van der Waals surface area contributed by atoms with E-state index in [1.165, 1.54) is 23.3 Å². The van der Waals surface area contributed by atoms with Crippen LogP contribution in [-0.4, -0.2) is 51.4 Å². The van der Waals surface area contributed by atoms with E-state index in [0.29, 0.717) is 38.3 Å². The highest BCUT2D eigenvalue weighted by atomic mass is 35.5. The molecule has 32 heavy (non-hydrogen) atoms. The van der Waals surface area contributed by atoms with Crippen molar-refractivity contribution in [2.75, 3.05) is 30.9 Å². The molecule has 1 unspecified atom stereocenters. The quantitative estimate of drug-likeness (QED) is 0.469. The van der Waals surface area contributed by atoms with Gasteiger partial charge in [-0.1, -0.05) is 53.3 Å². The lowest BCUT2D eigenvalue weighted by Gasteiger charge is -2.23. The van der Waals surface area contributed by atoms with Gasteiger partial charge in [-0.25, -0.2) is 13.4 Å². The van der Waals surface area contributed by atoms with Crippen molar-refractivity contribution in [1.82, 2.24) is 4.98 Å². The average molecular weight is 495 g/mol. The normalized spacial score (nSPS) is 16.4. The minimum Gasteiger partial charge on any atom is -0.494 e. The largest absolute Gasteiger partial charge is 0.494 e. The smallest absolute Gasteiger partial charge is 0.244 e. The van der Waals surface area contributed by atoms with Gasteiger partial charge < -0.3 is 9.47 Å². The molecular formula is C22H23ClN2O5S2. The predicted molar refractivity (Wildman–Crippen MR) is 126 cm³/mol. The van der Waals surface area contributed by atoms with Crippen LogP contribution in [0.15, 0.2) is 42.5 Å². The Hall–Kier alpha value is -2.20. The van der Waals surface area contributed by atoms with Crippen molar-refractivity contribution in [3.63, 3.8) is 0 Å². The molecule has 1 amide bonds. The van der Waals surface area contributed by atoms with Gasteiger partial charge in [0.05, 0.1) is 35.2 Å². The number of benzene rings is 2. The van der Waals surface area contributed by atoms with Gasteiger partial charge in [-0.2, -0.15) is 0 Å². The van der Waals surface area contributed by atoms with Crippen molar-refractivity contribution in [3.05, 3.63) is 53.1 Å². The molecule has 1 atom stereocenters. The first kappa shape index (κ1) is 23.0. The molecule has 7 nitrogen and oxygen atoms in total. The molecule has 4 rings (SSSR count).